The lowest BCUT2D eigenvalue weighted by Crippen LogP contribution is -2.60. The van der Waals surface area contributed by atoms with Crippen LogP contribution in [0, 0.1) is 0 Å². The highest BCUT2D eigenvalue weighted by Gasteiger charge is 2.47. The molecule has 1 radical (unpaired) electrons. The smallest absolute Gasteiger partial charge is 0.278 e. The highest BCUT2D eigenvalue weighted by atomic mass is 16.5. The van der Waals surface area contributed by atoms with Crippen LogP contribution in [-0.4, -0.2) is 29.7 Å². The van der Waals surface area contributed by atoms with Crippen molar-refractivity contribution in [3.8, 4) is 5.75 Å². The van der Waals surface area contributed by atoms with E-state index >= 15 is 0 Å². The molecule has 0 aliphatic carbocycles. The zero-order valence-corrected chi connectivity index (χ0v) is 10.5. The Balaban J connectivity index is 2.27. The van der Waals surface area contributed by atoms with Gasteiger partial charge in [0.05, 0.1) is 11.7 Å². The quantitative estimate of drug-likeness (QED) is 0.771. The van der Waals surface area contributed by atoms with E-state index in [1.54, 1.807) is 30.6 Å². The van der Waals surface area contributed by atoms with Gasteiger partial charge in [0.2, 0.25) is 6.29 Å². The summed E-state index contributed by atoms with van der Waals surface area (Å²) in [6, 6.07) is 5.99. The maximum absolute atomic E-state index is 12.0. The third-order valence-corrected chi connectivity index (χ3v) is 2.84. The molecule has 2 rings (SSSR count). The number of fused-ring (bicyclic) bond motifs is 1. The van der Waals surface area contributed by atoms with Crippen LogP contribution in [-0.2, 0) is 14.4 Å². The second-order valence-electron chi connectivity index (χ2n) is 4.40. The van der Waals surface area contributed by atoms with Gasteiger partial charge in [-0.2, -0.15) is 0 Å². The van der Waals surface area contributed by atoms with E-state index in [1.807, 2.05) is 0 Å². The van der Waals surface area contributed by atoms with E-state index in [4.69, 9.17) is 4.74 Å². The van der Waals surface area contributed by atoms with Crippen molar-refractivity contribution < 1.29 is 19.1 Å². The Labute approximate surface area is 110 Å². The molecule has 6 nitrogen and oxygen atoms in total. The second kappa shape index (κ2) is 4.72. The van der Waals surface area contributed by atoms with Crippen molar-refractivity contribution in [1.29, 1.82) is 0 Å². The molecule has 99 valence electrons. The Kier molecular flexibility index (Phi) is 3.25. The van der Waals surface area contributed by atoms with Crippen molar-refractivity contribution in [3.05, 3.63) is 24.3 Å². The fourth-order valence-corrected chi connectivity index (χ4v) is 1.68. The summed E-state index contributed by atoms with van der Waals surface area (Å²) < 4.78 is 5.48. The zero-order valence-electron chi connectivity index (χ0n) is 10.5. The minimum Gasteiger partial charge on any atom is -0.466 e. The van der Waals surface area contributed by atoms with Gasteiger partial charge in [0.25, 0.3) is 17.4 Å². The minimum absolute atomic E-state index is 0.405. The maximum atomic E-state index is 12.0. The molecular weight excluding hydrogens is 248 g/mol. The SMILES string of the molecule is C[C@@H]([C]=O)NC(=O)C1(C)Oc2ccccc2NC1=O. The van der Waals surface area contributed by atoms with E-state index in [9.17, 15) is 14.4 Å². The van der Waals surface area contributed by atoms with Gasteiger partial charge < -0.3 is 15.4 Å². The average molecular weight is 261 g/mol. The molecule has 2 amide bonds. The van der Waals surface area contributed by atoms with Crippen molar-refractivity contribution in [2.24, 2.45) is 0 Å². The molecular formula is C13H13N2O4. The minimum atomic E-state index is -1.71. The largest absolute Gasteiger partial charge is 0.466 e. The first-order chi connectivity index (χ1) is 8.97. The number of hydrogen-bond acceptors (Lipinski definition) is 4. The molecule has 0 saturated carbocycles. The highest BCUT2D eigenvalue weighted by Crippen LogP contribution is 2.33. The topological polar surface area (TPSA) is 84.5 Å². The fourth-order valence-electron chi connectivity index (χ4n) is 1.68. The lowest BCUT2D eigenvalue weighted by molar-refractivity contribution is -0.146. The van der Waals surface area contributed by atoms with E-state index in [1.165, 1.54) is 13.8 Å². The number of amides is 2. The molecule has 1 aromatic carbocycles. The predicted octanol–water partition coefficient (Wildman–Crippen LogP) is 0.391. The molecule has 1 heterocycles. The number of carbonyl (C=O) groups excluding carboxylic acids is 3. The van der Waals surface area contributed by atoms with Gasteiger partial charge >= 0.3 is 0 Å². The number of benzene rings is 1. The standard InChI is InChI=1S/C13H13N2O4/c1-8(7-16)14-11(17)13(2)12(18)15-9-5-3-4-6-10(9)19-13/h3-6,8H,1-2H3,(H,14,17)(H,15,18)/t8-,13?/m0/s1. The molecule has 2 N–H and O–H groups in total. The summed E-state index contributed by atoms with van der Waals surface area (Å²) >= 11 is 0. The molecule has 19 heavy (non-hydrogen) atoms. The van der Waals surface area contributed by atoms with Gasteiger partial charge in [-0.1, -0.05) is 12.1 Å². The van der Waals surface area contributed by atoms with Crippen LogP contribution in [0.25, 0.3) is 0 Å². The molecule has 1 aliphatic rings. The Bertz CT molecular complexity index is 543. The van der Waals surface area contributed by atoms with Gasteiger partial charge in [-0.25, -0.2) is 0 Å². The number of nitrogens with one attached hydrogen (secondary N) is 2. The first kappa shape index (κ1) is 13.1. The number of hydrogen-bond donors (Lipinski definition) is 2. The van der Waals surface area contributed by atoms with Gasteiger partial charge in [-0.05, 0) is 26.0 Å². The van der Waals surface area contributed by atoms with E-state index in [2.05, 4.69) is 10.6 Å². The Hall–Kier alpha value is -2.37. The highest BCUT2D eigenvalue weighted by molar-refractivity contribution is 6.15. The summed E-state index contributed by atoms with van der Waals surface area (Å²) in [4.78, 5) is 34.5. The van der Waals surface area contributed by atoms with Gasteiger partial charge in [0, 0.05) is 0 Å². The van der Waals surface area contributed by atoms with Crippen LogP contribution in [0.2, 0.25) is 0 Å². The van der Waals surface area contributed by atoms with Crippen LogP contribution in [0.4, 0.5) is 5.69 Å². The van der Waals surface area contributed by atoms with E-state index < -0.39 is 23.5 Å². The summed E-state index contributed by atoms with van der Waals surface area (Å²) in [7, 11) is 0. The van der Waals surface area contributed by atoms with Crippen LogP contribution in [0.5, 0.6) is 5.75 Å². The van der Waals surface area contributed by atoms with Crippen LogP contribution in [0.3, 0.4) is 0 Å². The molecule has 0 saturated heterocycles. The molecule has 0 aromatic heterocycles. The summed E-state index contributed by atoms with van der Waals surface area (Å²) in [5.74, 6) is -0.861. The fraction of sp³-hybridized carbons (Fsp3) is 0.308. The Morgan fingerprint density at radius 1 is 1.47 bits per heavy atom. The van der Waals surface area contributed by atoms with Crippen LogP contribution in [0.1, 0.15) is 13.8 Å². The van der Waals surface area contributed by atoms with Gasteiger partial charge in [-0.3, -0.25) is 14.4 Å². The normalized spacial score (nSPS) is 22.5. The molecule has 1 unspecified atom stereocenters. The van der Waals surface area contributed by atoms with E-state index in [-0.39, 0.29) is 0 Å². The van der Waals surface area contributed by atoms with Gasteiger partial charge in [0.1, 0.15) is 5.75 Å². The van der Waals surface area contributed by atoms with Crippen molar-refractivity contribution in [1.82, 2.24) is 5.32 Å². The van der Waals surface area contributed by atoms with Crippen molar-refractivity contribution in [3.63, 3.8) is 0 Å². The van der Waals surface area contributed by atoms with Crippen LogP contribution in [0.15, 0.2) is 24.3 Å². The van der Waals surface area contributed by atoms with Crippen molar-refractivity contribution in [2.45, 2.75) is 25.5 Å². The first-order valence-corrected chi connectivity index (χ1v) is 5.75. The molecule has 0 fully saturated rings. The molecule has 1 aromatic rings. The summed E-state index contributed by atoms with van der Waals surface area (Å²) in [6.45, 7) is 2.81. The lowest BCUT2D eigenvalue weighted by Gasteiger charge is -2.33. The number of carbonyl (C=O) groups is 2. The summed E-state index contributed by atoms with van der Waals surface area (Å²) in [5.41, 5.74) is -1.20. The van der Waals surface area contributed by atoms with Gasteiger partial charge in [0.15, 0.2) is 0 Å². The monoisotopic (exact) mass is 261 g/mol. The average Bonchev–Trinajstić information content (AvgIpc) is 2.39. The third-order valence-electron chi connectivity index (χ3n) is 2.84. The zero-order chi connectivity index (χ0) is 14.0. The lowest BCUT2D eigenvalue weighted by atomic mass is 10.0. The summed E-state index contributed by atoms with van der Waals surface area (Å²) in [6.07, 6.45) is 1.62. The molecule has 0 bridgehead atoms. The molecule has 6 heteroatoms. The number of rotatable bonds is 3. The number of anilines is 1. The Morgan fingerprint density at radius 2 is 2.16 bits per heavy atom. The predicted molar refractivity (Wildman–Crippen MR) is 67.4 cm³/mol. The van der Waals surface area contributed by atoms with Gasteiger partial charge in [-0.15, -0.1) is 0 Å². The van der Waals surface area contributed by atoms with Crippen molar-refractivity contribution >= 4 is 23.8 Å². The molecule has 0 spiro atoms. The second-order valence-corrected chi connectivity index (χ2v) is 4.40. The summed E-state index contributed by atoms with van der Waals surface area (Å²) in [5, 5.41) is 4.95. The third kappa shape index (κ3) is 2.29. The van der Waals surface area contributed by atoms with Crippen LogP contribution < -0.4 is 15.4 Å². The van der Waals surface area contributed by atoms with E-state index in [0.29, 0.717) is 11.4 Å². The number of ether oxygens (including phenoxy) is 1. The maximum Gasteiger partial charge on any atom is 0.278 e. The van der Waals surface area contributed by atoms with E-state index in [0.717, 1.165) is 0 Å². The van der Waals surface area contributed by atoms with Crippen molar-refractivity contribution in [2.75, 3.05) is 5.32 Å². The van der Waals surface area contributed by atoms with Crippen LogP contribution >= 0.6 is 0 Å². The number of para-hydroxylation sites is 2. The molecule has 1 aliphatic heterocycles. The Morgan fingerprint density at radius 3 is 2.84 bits per heavy atom. The molecule has 2 atom stereocenters. The first-order valence-electron chi connectivity index (χ1n) is 5.75.